The van der Waals surface area contributed by atoms with Crippen molar-refractivity contribution < 1.29 is 18.3 Å². The molecule has 1 rings (SSSR count). The standard InChI is InChI=1S/C9H10F3NO/c1-6(5-14)7-4-13-3-2-8(7)9(10,11)12/h2-4,6,14H,5H2,1H3/t6-/m0/s1. The van der Waals surface area contributed by atoms with Crippen molar-refractivity contribution >= 4 is 0 Å². The average Bonchev–Trinajstić information content (AvgIpc) is 2.15. The van der Waals surface area contributed by atoms with Crippen molar-refractivity contribution in [2.45, 2.75) is 19.0 Å². The van der Waals surface area contributed by atoms with Gasteiger partial charge in [0.1, 0.15) is 0 Å². The maximum absolute atomic E-state index is 12.4. The molecular weight excluding hydrogens is 195 g/mol. The van der Waals surface area contributed by atoms with Gasteiger partial charge in [-0.15, -0.1) is 0 Å². The first-order chi connectivity index (χ1) is 6.46. The number of aliphatic hydroxyl groups excluding tert-OH is 1. The van der Waals surface area contributed by atoms with E-state index in [1.807, 2.05) is 0 Å². The van der Waals surface area contributed by atoms with Gasteiger partial charge in [0.15, 0.2) is 0 Å². The van der Waals surface area contributed by atoms with Crippen LogP contribution in [0.3, 0.4) is 0 Å². The predicted molar refractivity (Wildman–Crippen MR) is 44.7 cm³/mol. The first-order valence-electron chi connectivity index (χ1n) is 4.08. The van der Waals surface area contributed by atoms with E-state index in [0.29, 0.717) is 0 Å². The van der Waals surface area contributed by atoms with Crippen LogP contribution in [0.15, 0.2) is 18.5 Å². The smallest absolute Gasteiger partial charge is 0.396 e. The number of hydrogen-bond donors (Lipinski definition) is 1. The maximum Gasteiger partial charge on any atom is 0.416 e. The number of alkyl halides is 3. The Morgan fingerprint density at radius 3 is 2.64 bits per heavy atom. The van der Waals surface area contributed by atoms with Gasteiger partial charge in [0.05, 0.1) is 5.56 Å². The highest BCUT2D eigenvalue weighted by molar-refractivity contribution is 5.29. The molecule has 0 saturated heterocycles. The lowest BCUT2D eigenvalue weighted by Gasteiger charge is -2.15. The molecule has 1 atom stereocenters. The van der Waals surface area contributed by atoms with Crippen molar-refractivity contribution in [2.75, 3.05) is 6.61 Å². The summed E-state index contributed by atoms with van der Waals surface area (Å²) in [5, 5.41) is 8.78. The Morgan fingerprint density at radius 2 is 2.14 bits per heavy atom. The van der Waals surface area contributed by atoms with Crippen molar-refractivity contribution in [3.05, 3.63) is 29.6 Å². The van der Waals surface area contributed by atoms with Crippen molar-refractivity contribution in [3.8, 4) is 0 Å². The summed E-state index contributed by atoms with van der Waals surface area (Å²) in [5.74, 6) is -0.555. The van der Waals surface area contributed by atoms with Crippen molar-refractivity contribution in [1.29, 1.82) is 0 Å². The topological polar surface area (TPSA) is 33.1 Å². The molecule has 2 nitrogen and oxygen atoms in total. The summed E-state index contributed by atoms with van der Waals surface area (Å²) in [6, 6.07) is 0.918. The maximum atomic E-state index is 12.4. The molecule has 0 bridgehead atoms. The molecule has 78 valence electrons. The van der Waals surface area contributed by atoms with Gasteiger partial charge in [-0.1, -0.05) is 6.92 Å². The molecule has 5 heteroatoms. The Labute approximate surface area is 79.4 Å². The van der Waals surface area contributed by atoms with Crippen LogP contribution >= 0.6 is 0 Å². The van der Waals surface area contributed by atoms with Crippen LogP contribution in [0.5, 0.6) is 0 Å². The molecule has 1 heterocycles. The lowest BCUT2D eigenvalue weighted by molar-refractivity contribution is -0.138. The first-order valence-corrected chi connectivity index (χ1v) is 4.08. The van der Waals surface area contributed by atoms with Crippen LogP contribution in [0.25, 0.3) is 0 Å². The Kier molecular flexibility index (Phi) is 3.10. The van der Waals surface area contributed by atoms with Crippen LogP contribution in [0.4, 0.5) is 13.2 Å². The summed E-state index contributed by atoms with van der Waals surface area (Å²) < 4.78 is 37.3. The average molecular weight is 205 g/mol. The minimum absolute atomic E-state index is 0.0301. The summed E-state index contributed by atoms with van der Waals surface area (Å²) >= 11 is 0. The van der Waals surface area contributed by atoms with Gasteiger partial charge in [-0.2, -0.15) is 13.2 Å². The lowest BCUT2D eigenvalue weighted by Crippen LogP contribution is -2.12. The highest BCUT2D eigenvalue weighted by Crippen LogP contribution is 2.34. The second-order valence-corrected chi connectivity index (χ2v) is 3.04. The van der Waals surface area contributed by atoms with Crippen LogP contribution in [0.2, 0.25) is 0 Å². The summed E-state index contributed by atoms with van der Waals surface area (Å²) in [4.78, 5) is 3.62. The molecule has 0 aromatic carbocycles. The van der Waals surface area contributed by atoms with E-state index in [1.54, 1.807) is 0 Å². The molecule has 0 saturated carbocycles. The van der Waals surface area contributed by atoms with Crippen LogP contribution in [-0.2, 0) is 6.18 Å². The summed E-state index contributed by atoms with van der Waals surface area (Å²) in [6.45, 7) is 1.20. The van der Waals surface area contributed by atoms with Gasteiger partial charge in [0, 0.05) is 24.9 Å². The molecule has 1 aromatic rings. The normalized spacial score (nSPS) is 14.1. The quantitative estimate of drug-likeness (QED) is 0.802. The minimum Gasteiger partial charge on any atom is -0.396 e. The molecule has 0 unspecified atom stereocenters. The third kappa shape index (κ3) is 2.23. The van der Waals surface area contributed by atoms with Crippen LogP contribution in [0, 0.1) is 0 Å². The van der Waals surface area contributed by atoms with E-state index in [2.05, 4.69) is 4.98 Å². The number of hydrogen-bond acceptors (Lipinski definition) is 2. The molecule has 14 heavy (non-hydrogen) atoms. The third-order valence-electron chi connectivity index (χ3n) is 1.96. The van der Waals surface area contributed by atoms with Gasteiger partial charge in [0.25, 0.3) is 0 Å². The number of nitrogens with zero attached hydrogens (tertiary/aromatic N) is 1. The minimum atomic E-state index is -4.39. The van der Waals surface area contributed by atoms with E-state index in [1.165, 1.54) is 6.92 Å². The van der Waals surface area contributed by atoms with Crippen molar-refractivity contribution in [2.24, 2.45) is 0 Å². The van der Waals surface area contributed by atoms with Gasteiger partial charge >= 0.3 is 6.18 Å². The SMILES string of the molecule is C[C@@H](CO)c1cnccc1C(F)(F)F. The van der Waals surface area contributed by atoms with E-state index in [9.17, 15) is 13.2 Å². The number of aromatic nitrogens is 1. The lowest BCUT2D eigenvalue weighted by atomic mass is 9.98. The number of pyridine rings is 1. The zero-order valence-electron chi connectivity index (χ0n) is 7.54. The fourth-order valence-electron chi connectivity index (χ4n) is 1.16. The number of rotatable bonds is 2. The third-order valence-corrected chi connectivity index (χ3v) is 1.96. The zero-order valence-corrected chi connectivity index (χ0v) is 7.54. The molecule has 0 aliphatic carbocycles. The summed E-state index contributed by atoms with van der Waals surface area (Å²) in [7, 11) is 0. The molecule has 0 radical (unpaired) electrons. The zero-order chi connectivity index (χ0) is 10.8. The molecule has 0 aliphatic heterocycles. The largest absolute Gasteiger partial charge is 0.416 e. The fourth-order valence-corrected chi connectivity index (χ4v) is 1.16. The van der Waals surface area contributed by atoms with Gasteiger partial charge in [-0.3, -0.25) is 4.98 Å². The van der Waals surface area contributed by atoms with Gasteiger partial charge in [-0.25, -0.2) is 0 Å². The van der Waals surface area contributed by atoms with E-state index >= 15 is 0 Å². The van der Waals surface area contributed by atoms with Crippen molar-refractivity contribution in [1.82, 2.24) is 4.98 Å². The monoisotopic (exact) mass is 205 g/mol. The van der Waals surface area contributed by atoms with Gasteiger partial charge in [-0.05, 0) is 11.6 Å². The molecule has 0 amide bonds. The van der Waals surface area contributed by atoms with E-state index in [-0.39, 0.29) is 12.2 Å². The Bertz CT molecular complexity index is 311. The van der Waals surface area contributed by atoms with Crippen molar-refractivity contribution in [3.63, 3.8) is 0 Å². The molecular formula is C9H10F3NO. The molecule has 0 aliphatic rings. The first kappa shape index (κ1) is 11.0. The van der Waals surface area contributed by atoms with Gasteiger partial charge in [0.2, 0.25) is 0 Å². The second-order valence-electron chi connectivity index (χ2n) is 3.04. The highest BCUT2D eigenvalue weighted by atomic mass is 19.4. The summed E-state index contributed by atoms with van der Waals surface area (Å²) in [6.07, 6.45) is -2.15. The Hall–Kier alpha value is -1.10. The van der Waals surface area contributed by atoms with E-state index in [4.69, 9.17) is 5.11 Å². The molecule has 1 aromatic heterocycles. The molecule has 0 spiro atoms. The van der Waals surface area contributed by atoms with Crippen LogP contribution in [0.1, 0.15) is 24.0 Å². The predicted octanol–water partition coefficient (Wildman–Crippen LogP) is 2.20. The van der Waals surface area contributed by atoms with E-state index in [0.717, 1.165) is 18.5 Å². The molecule has 0 fully saturated rings. The molecule has 1 N–H and O–H groups in total. The number of halogens is 3. The highest BCUT2D eigenvalue weighted by Gasteiger charge is 2.34. The van der Waals surface area contributed by atoms with Gasteiger partial charge < -0.3 is 5.11 Å². The second kappa shape index (κ2) is 3.96. The van der Waals surface area contributed by atoms with Crippen LogP contribution < -0.4 is 0 Å². The fraction of sp³-hybridized carbons (Fsp3) is 0.444. The van der Waals surface area contributed by atoms with Crippen LogP contribution in [-0.4, -0.2) is 16.7 Å². The Morgan fingerprint density at radius 1 is 1.50 bits per heavy atom. The Balaban J connectivity index is 3.16. The summed E-state index contributed by atoms with van der Waals surface area (Å²) in [5.41, 5.74) is -0.698. The van der Waals surface area contributed by atoms with E-state index < -0.39 is 17.7 Å². The number of aliphatic hydroxyl groups is 1.